The number of amides is 3. The molecule has 0 unspecified atom stereocenters. The number of benzene rings is 2. The first-order valence-corrected chi connectivity index (χ1v) is 11.7. The van der Waals surface area contributed by atoms with E-state index in [-0.39, 0.29) is 34.8 Å². The summed E-state index contributed by atoms with van der Waals surface area (Å²) in [6.45, 7) is 4.20. The number of hydrogen-bond acceptors (Lipinski definition) is 6. The van der Waals surface area contributed by atoms with Gasteiger partial charge in [-0.3, -0.25) is 29.4 Å². The van der Waals surface area contributed by atoms with Gasteiger partial charge in [-0.05, 0) is 44.4 Å². The molecule has 4 heterocycles. The number of carbonyl (C=O) groups is 3. The molecule has 0 aliphatic carbocycles. The second-order valence-corrected chi connectivity index (χ2v) is 9.51. The van der Waals surface area contributed by atoms with Crippen molar-refractivity contribution in [1.82, 2.24) is 4.90 Å². The quantitative estimate of drug-likeness (QED) is 0.428. The Balaban J connectivity index is 1.56. The molecule has 6 rings (SSSR count). The van der Waals surface area contributed by atoms with E-state index < -0.39 is 28.2 Å². The van der Waals surface area contributed by atoms with Crippen molar-refractivity contribution in [1.29, 1.82) is 0 Å². The SMILES string of the molecule is CCc1cccc2c1NC(=O)[C@]21[C@@H]2C(=O)N(c3cccc([N+](=O)[O-])c3C)C(=O)[C@@H]2[C@H]2CCCN21. The molecule has 4 aliphatic heterocycles. The maximum Gasteiger partial charge on any atom is 0.274 e. The molecule has 2 aromatic rings. The third kappa shape index (κ3) is 2.30. The standard InChI is InChI=1S/C25H24N4O5/c1-3-14-7-4-8-15-21(14)26-24(32)25(15)20-19(18-11-6-12-27(18)25)22(30)28(23(20)31)16-9-5-10-17(13(16)2)29(33)34/h4-5,7-10,18-20H,3,6,11-12H2,1-2H3,(H,26,32)/t18-,19-,20+,25-/m1/s1. The van der Waals surface area contributed by atoms with Crippen LogP contribution in [-0.4, -0.2) is 40.1 Å². The second kappa shape index (κ2) is 6.96. The predicted octanol–water partition coefficient (Wildman–Crippen LogP) is 2.90. The summed E-state index contributed by atoms with van der Waals surface area (Å²) in [4.78, 5) is 55.8. The first-order chi connectivity index (χ1) is 16.3. The molecule has 3 amide bonds. The van der Waals surface area contributed by atoms with Crippen LogP contribution < -0.4 is 10.2 Å². The summed E-state index contributed by atoms with van der Waals surface area (Å²) in [6, 6.07) is 9.94. The van der Waals surface area contributed by atoms with Crippen molar-refractivity contribution in [3.05, 3.63) is 63.2 Å². The molecule has 3 saturated heterocycles. The number of hydrogen-bond donors (Lipinski definition) is 1. The van der Waals surface area contributed by atoms with Crippen LogP contribution >= 0.6 is 0 Å². The monoisotopic (exact) mass is 460 g/mol. The molecule has 3 fully saturated rings. The average molecular weight is 460 g/mol. The van der Waals surface area contributed by atoms with Gasteiger partial charge >= 0.3 is 0 Å². The lowest BCUT2D eigenvalue weighted by Gasteiger charge is -2.36. The lowest BCUT2D eigenvalue weighted by molar-refractivity contribution is -0.385. The Labute approximate surface area is 195 Å². The molecular weight excluding hydrogens is 436 g/mol. The Morgan fingerprint density at radius 1 is 1.15 bits per heavy atom. The summed E-state index contributed by atoms with van der Waals surface area (Å²) < 4.78 is 0. The van der Waals surface area contributed by atoms with Gasteiger partial charge in [-0.1, -0.05) is 31.2 Å². The van der Waals surface area contributed by atoms with E-state index in [1.54, 1.807) is 13.0 Å². The predicted molar refractivity (Wildman–Crippen MR) is 123 cm³/mol. The summed E-state index contributed by atoms with van der Waals surface area (Å²) in [7, 11) is 0. The number of aryl methyl sites for hydroxylation is 1. The van der Waals surface area contributed by atoms with Crippen molar-refractivity contribution < 1.29 is 19.3 Å². The lowest BCUT2D eigenvalue weighted by Crippen LogP contribution is -2.54. The largest absolute Gasteiger partial charge is 0.324 e. The number of imide groups is 1. The van der Waals surface area contributed by atoms with Gasteiger partial charge in [0.25, 0.3) is 5.69 Å². The van der Waals surface area contributed by atoms with Crippen LogP contribution in [0.1, 0.15) is 36.5 Å². The number of rotatable bonds is 3. The summed E-state index contributed by atoms with van der Waals surface area (Å²) >= 11 is 0. The highest BCUT2D eigenvalue weighted by atomic mass is 16.6. The molecule has 4 atom stereocenters. The summed E-state index contributed by atoms with van der Waals surface area (Å²) in [5.41, 5.74) is 1.58. The second-order valence-electron chi connectivity index (χ2n) is 9.51. The number of para-hydroxylation sites is 1. The number of carbonyl (C=O) groups excluding carboxylic acids is 3. The van der Waals surface area contributed by atoms with Crippen molar-refractivity contribution in [2.75, 3.05) is 16.8 Å². The van der Waals surface area contributed by atoms with Gasteiger partial charge in [0.15, 0.2) is 0 Å². The van der Waals surface area contributed by atoms with Gasteiger partial charge in [0.1, 0.15) is 5.54 Å². The number of anilines is 2. The fourth-order valence-electron chi connectivity index (χ4n) is 6.87. The molecule has 0 saturated carbocycles. The van der Waals surface area contributed by atoms with Gasteiger partial charge in [0, 0.05) is 23.4 Å². The summed E-state index contributed by atoms with van der Waals surface area (Å²) in [5, 5.41) is 14.5. The molecule has 34 heavy (non-hydrogen) atoms. The maximum atomic E-state index is 14.1. The van der Waals surface area contributed by atoms with E-state index in [4.69, 9.17) is 0 Å². The van der Waals surface area contributed by atoms with E-state index in [9.17, 15) is 24.5 Å². The zero-order chi connectivity index (χ0) is 23.9. The zero-order valence-electron chi connectivity index (χ0n) is 18.9. The van der Waals surface area contributed by atoms with Crippen LogP contribution in [0.25, 0.3) is 0 Å². The maximum absolute atomic E-state index is 14.1. The van der Waals surface area contributed by atoms with Crippen LogP contribution in [0.5, 0.6) is 0 Å². The number of nitrogens with one attached hydrogen (secondary N) is 1. The molecule has 1 N–H and O–H groups in total. The highest BCUT2D eigenvalue weighted by Crippen LogP contribution is 2.61. The van der Waals surface area contributed by atoms with E-state index >= 15 is 0 Å². The minimum absolute atomic E-state index is 0.149. The minimum Gasteiger partial charge on any atom is -0.324 e. The van der Waals surface area contributed by atoms with Gasteiger partial charge in [0.2, 0.25) is 17.7 Å². The van der Waals surface area contributed by atoms with Gasteiger partial charge in [0.05, 0.1) is 28.0 Å². The third-order valence-electron chi connectivity index (χ3n) is 8.21. The van der Waals surface area contributed by atoms with E-state index in [0.29, 0.717) is 6.54 Å². The smallest absolute Gasteiger partial charge is 0.274 e. The summed E-state index contributed by atoms with van der Waals surface area (Å²) in [6.07, 6.45) is 2.28. The van der Waals surface area contributed by atoms with Crippen molar-refractivity contribution >= 4 is 34.8 Å². The molecular formula is C25H24N4O5. The lowest BCUT2D eigenvalue weighted by atomic mass is 9.75. The van der Waals surface area contributed by atoms with E-state index in [0.717, 1.165) is 41.0 Å². The van der Waals surface area contributed by atoms with Crippen molar-refractivity contribution in [2.24, 2.45) is 11.8 Å². The van der Waals surface area contributed by atoms with Crippen molar-refractivity contribution in [2.45, 2.75) is 44.7 Å². The van der Waals surface area contributed by atoms with Crippen LogP contribution in [0.4, 0.5) is 17.1 Å². The molecule has 1 spiro atoms. The molecule has 2 aromatic carbocycles. The number of nitro benzene ring substituents is 1. The van der Waals surface area contributed by atoms with E-state index in [1.807, 2.05) is 25.1 Å². The van der Waals surface area contributed by atoms with Crippen molar-refractivity contribution in [3.8, 4) is 0 Å². The first-order valence-electron chi connectivity index (χ1n) is 11.7. The minimum atomic E-state index is -1.25. The van der Waals surface area contributed by atoms with Crippen molar-refractivity contribution in [3.63, 3.8) is 0 Å². The Hall–Kier alpha value is -3.59. The van der Waals surface area contributed by atoms with Crippen LogP contribution in [0.15, 0.2) is 36.4 Å². The fraction of sp³-hybridized carbons (Fsp3) is 0.400. The van der Waals surface area contributed by atoms with Gasteiger partial charge < -0.3 is 5.32 Å². The molecule has 9 nitrogen and oxygen atoms in total. The Kier molecular flexibility index (Phi) is 4.29. The number of fused-ring (bicyclic) bond motifs is 7. The molecule has 0 aromatic heterocycles. The Morgan fingerprint density at radius 3 is 2.65 bits per heavy atom. The third-order valence-corrected chi connectivity index (χ3v) is 8.21. The van der Waals surface area contributed by atoms with Crippen LogP contribution in [0, 0.1) is 28.9 Å². The van der Waals surface area contributed by atoms with Crippen LogP contribution in [-0.2, 0) is 26.3 Å². The topological polar surface area (TPSA) is 113 Å². The fourth-order valence-corrected chi connectivity index (χ4v) is 6.87. The highest BCUT2D eigenvalue weighted by Gasteiger charge is 2.74. The van der Waals surface area contributed by atoms with E-state index in [2.05, 4.69) is 10.2 Å². The molecule has 4 aliphatic rings. The Morgan fingerprint density at radius 2 is 1.91 bits per heavy atom. The van der Waals surface area contributed by atoms with Gasteiger partial charge in [-0.2, -0.15) is 0 Å². The van der Waals surface area contributed by atoms with Crippen LogP contribution in [0.2, 0.25) is 0 Å². The first kappa shape index (κ1) is 21.0. The van der Waals surface area contributed by atoms with Crippen LogP contribution in [0.3, 0.4) is 0 Å². The van der Waals surface area contributed by atoms with Gasteiger partial charge in [-0.25, -0.2) is 4.90 Å². The zero-order valence-corrected chi connectivity index (χ0v) is 18.9. The number of nitrogens with zero attached hydrogens (tertiary/aromatic N) is 3. The summed E-state index contributed by atoms with van der Waals surface area (Å²) in [5.74, 6) is -2.65. The normalized spacial score (nSPS) is 29.5. The van der Waals surface area contributed by atoms with Gasteiger partial charge in [-0.15, -0.1) is 0 Å². The molecule has 174 valence electrons. The molecule has 0 bridgehead atoms. The molecule has 9 heteroatoms. The average Bonchev–Trinajstić information content (AvgIpc) is 3.52. The highest BCUT2D eigenvalue weighted by molar-refractivity contribution is 6.26. The Bertz CT molecular complexity index is 1310. The molecule has 0 radical (unpaired) electrons. The number of nitro groups is 1. The van der Waals surface area contributed by atoms with E-state index in [1.165, 1.54) is 12.1 Å².